The first-order valence-corrected chi connectivity index (χ1v) is 8.81. The topological polar surface area (TPSA) is 26.7 Å². The molecule has 1 aromatic heterocycles. The molecule has 2 saturated heterocycles. The van der Waals surface area contributed by atoms with E-state index in [1.807, 2.05) is 0 Å². The largest absolute Gasteiger partial charge is 0.395 e. The number of fused-ring (bicyclic) bond motifs is 1. The standard InChI is InChI=1S/C17H24N2OS/c20-12-4-2-6-16-7-8-17(21-16)14-18-10-11-19-9-3-1-5-15(19)13-18/h7-8,15,20H,1,3-5,9-14H2. The summed E-state index contributed by atoms with van der Waals surface area (Å²) in [5.41, 5.74) is 0. The van der Waals surface area contributed by atoms with Crippen LogP contribution in [0.1, 0.15) is 35.4 Å². The molecule has 0 bridgehead atoms. The Bertz CT molecular complexity index is 516. The highest BCUT2D eigenvalue weighted by Crippen LogP contribution is 2.24. The van der Waals surface area contributed by atoms with Gasteiger partial charge in [0, 0.05) is 43.5 Å². The summed E-state index contributed by atoms with van der Waals surface area (Å²) in [6, 6.07) is 5.11. The Morgan fingerprint density at radius 2 is 2.19 bits per heavy atom. The molecule has 1 aromatic rings. The Labute approximate surface area is 131 Å². The first kappa shape index (κ1) is 15.1. The Morgan fingerprint density at radius 3 is 3.10 bits per heavy atom. The lowest BCUT2D eigenvalue weighted by Crippen LogP contribution is -2.54. The van der Waals surface area contributed by atoms with Crippen molar-refractivity contribution in [3.05, 3.63) is 21.9 Å². The molecule has 0 spiro atoms. The minimum Gasteiger partial charge on any atom is -0.395 e. The van der Waals surface area contributed by atoms with E-state index in [-0.39, 0.29) is 6.61 Å². The van der Waals surface area contributed by atoms with Crippen molar-refractivity contribution in [2.75, 3.05) is 32.8 Å². The van der Waals surface area contributed by atoms with E-state index in [9.17, 15) is 0 Å². The zero-order chi connectivity index (χ0) is 14.5. The van der Waals surface area contributed by atoms with E-state index >= 15 is 0 Å². The van der Waals surface area contributed by atoms with Gasteiger partial charge in [0.2, 0.25) is 0 Å². The molecule has 0 aromatic carbocycles. The fourth-order valence-corrected chi connectivity index (χ4v) is 4.24. The van der Waals surface area contributed by atoms with Gasteiger partial charge in [-0.2, -0.15) is 0 Å². The van der Waals surface area contributed by atoms with Crippen LogP contribution in [0.4, 0.5) is 0 Å². The molecule has 2 aliphatic heterocycles. The smallest absolute Gasteiger partial charge is 0.0771 e. The molecule has 114 valence electrons. The summed E-state index contributed by atoms with van der Waals surface area (Å²) in [6.07, 6.45) is 4.73. The maximum atomic E-state index is 8.75. The average molecular weight is 304 g/mol. The summed E-state index contributed by atoms with van der Waals surface area (Å²) < 4.78 is 0. The van der Waals surface area contributed by atoms with Gasteiger partial charge >= 0.3 is 0 Å². The first-order valence-electron chi connectivity index (χ1n) is 8.00. The van der Waals surface area contributed by atoms with Crippen LogP contribution in [0.3, 0.4) is 0 Å². The number of aliphatic hydroxyl groups excluding tert-OH is 1. The number of piperazine rings is 1. The fraction of sp³-hybridized carbons (Fsp3) is 0.647. The lowest BCUT2D eigenvalue weighted by Gasteiger charge is -2.44. The molecule has 0 amide bonds. The molecule has 0 saturated carbocycles. The van der Waals surface area contributed by atoms with Crippen molar-refractivity contribution in [3.8, 4) is 11.8 Å². The maximum absolute atomic E-state index is 8.75. The summed E-state index contributed by atoms with van der Waals surface area (Å²) >= 11 is 1.80. The van der Waals surface area contributed by atoms with Crippen LogP contribution in [0.15, 0.2) is 12.1 Å². The van der Waals surface area contributed by atoms with Crippen LogP contribution >= 0.6 is 11.3 Å². The summed E-state index contributed by atoms with van der Waals surface area (Å²) in [6.45, 7) is 6.18. The third-order valence-corrected chi connectivity index (χ3v) is 5.40. The van der Waals surface area contributed by atoms with E-state index in [0.29, 0.717) is 6.42 Å². The third kappa shape index (κ3) is 4.08. The van der Waals surface area contributed by atoms with Gasteiger partial charge in [-0.3, -0.25) is 9.80 Å². The molecule has 0 aliphatic carbocycles. The molecule has 21 heavy (non-hydrogen) atoms. The van der Waals surface area contributed by atoms with Crippen LogP contribution in [-0.4, -0.2) is 53.7 Å². The molecule has 3 nitrogen and oxygen atoms in total. The number of hydrogen-bond acceptors (Lipinski definition) is 4. The SMILES string of the molecule is OCCC#Cc1ccc(CN2CCN3CCCCC3C2)s1. The van der Waals surface area contributed by atoms with Gasteiger partial charge in [0.1, 0.15) is 0 Å². The third-order valence-electron chi connectivity index (χ3n) is 4.41. The number of aliphatic hydroxyl groups is 1. The molecule has 1 atom stereocenters. The van der Waals surface area contributed by atoms with Crippen molar-refractivity contribution in [2.45, 2.75) is 38.3 Å². The summed E-state index contributed by atoms with van der Waals surface area (Å²) in [5, 5.41) is 8.75. The molecule has 3 rings (SSSR count). The van der Waals surface area contributed by atoms with Crippen molar-refractivity contribution in [1.29, 1.82) is 0 Å². The van der Waals surface area contributed by atoms with Crippen molar-refractivity contribution in [1.82, 2.24) is 9.80 Å². The van der Waals surface area contributed by atoms with E-state index in [2.05, 4.69) is 33.8 Å². The van der Waals surface area contributed by atoms with Gasteiger partial charge in [-0.05, 0) is 31.5 Å². The molecule has 2 aliphatic rings. The van der Waals surface area contributed by atoms with Crippen LogP contribution < -0.4 is 0 Å². The zero-order valence-corrected chi connectivity index (χ0v) is 13.4. The van der Waals surface area contributed by atoms with Crippen LogP contribution in [0.5, 0.6) is 0 Å². The van der Waals surface area contributed by atoms with E-state index in [0.717, 1.165) is 17.5 Å². The molecule has 0 radical (unpaired) electrons. The minimum absolute atomic E-state index is 0.150. The normalized spacial score (nSPS) is 23.4. The zero-order valence-electron chi connectivity index (χ0n) is 12.6. The second kappa shape index (κ2) is 7.42. The van der Waals surface area contributed by atoms with Gasteiger partial charge < -0.3 is 5.11 Å². The molecule has 3 heterocycles. The number of thiophene rings is 1. The van der Waals surface area contributed by atoms with Gasteiger partial charge in [0.15, 0.2) is 0 Å². The Kier molecular flexibility index (Phi) is 5.32. The maximum Gasteiger partial charge on any atom is 0.0771 e. The Hall–Kier alpha value is -0.860. The number of piperidine rings is 1. The number of hydrogen-bond donors (Lipinski definition) is 1. The number of rotatable bonds is 3. The molecule has 2 fully saturated rings. The van der Waals surface area contributed by atoms with E-state index in [4.69, 9.17) is 5.11 Å². The fourth-order valence-electron chi connectivity index (χ4n) is 3.32. The van der Waals surface area contributed by atoms with Crippen molar-refractivity contribution in [2.24, 2.45) is 0 Å². The van der Waals surface area contributed by atoms with Crippen LogP contribution in [0, 0.1) is 11.8 Å². The first-order chi connectivity index (χ1) is 10.3. The number of nitrogens with zero attached hydrogens (tertiary/aromatic N) is 2. The lowest BCUT2D eigenvalue weighted by atomic mass is 9.99. The quantitative estimate of drug-likeness (QED) is 0.867. The summed E-state index contributed by atoms with van der Waals surface area (Å²) in [5.74, 6) is 6.13. The van der Waals surface area contributed by atoms with Crippen LogP contribution in [0.2, 0.25) is 0 Å². The predicted octanol–water partition coefficient (Wildman–Crippen LogP) is 2.15. The van der Waals surface area contributed by atoms with Crippen molar-refractivity contribution >= 4 is 11.3 Å². The summed E-state index contributed by atoms with van der Waals surface area (Å²) in [7, 11) is 0. The van der Waals surface area contributed by atoms with E-state index in [1.165, 1.54) is 50.3 Å². The molecule has 1 unspecified atom stereocenters. The molecular formula is C17H24N2OS. The lowest BCUT2D eigenvalue weighted by molar-refractivity contribution is 0.0461. The predicted molar refractivity (Wildman–Crippen MR) is 87.4 cm³/mol. The van der Waals surface area contributed by atoms with Gasteiger partial charge in [-0.25, -0.2) is 0 Å². The Balaban J connectivity index is 1.54. The second-order valence-electron chi connectivity index (χ2n) is 5.96. The molecule has 1 N–H and O–H groups in total. The van der Waals surface area contributed by atoms with Gasteiger partial charge in [0.25, 0.3) is 0 Å². The van der Waals surface area contributed by atoms with Gasteiger partial charge in [0.05, 0.1) is 11.5 Å². The van der Waals surface area contributed by atoms with Crippen molar-refractivity contribution < 1.29 is 5.11 Å². The average Bonchev–Trinajstić information content (AvgIpc) is 2.95. The monoisotopic (exact) mass is 304 g/mol. The van der Waals surface area contributed by atoms with Crippen LogP contribution in [0.25, 0.3) is 0 Å². The Morgan fingerprint density at radius 1 is 1.24 bits per heavy atom. The van der Waals surface area contributed by atoms with Gasteiger partial charge in [-0.1, -0.05) is 18.3 Å². The molecular weight excluding hydrogens is 280 g/mol. The minimum atomic E-state index is 0.150. The highest BCUT2D eigenvalue weighted by Gasteiger charge is 2.28. The van der Waals surface area contributed by atoms with E-state index in [1.54, 1.807) is 11.3 Å². The highest BCUT2D eigenvalue weighted by atomic mass is 32.1. The van der Waals surface area contributed by atoms with Crippen LogP contribution in [-0.2, 0) is 6.54 Å². The van der Waals surface area contributed by atoms with Crippen molar-refractivity contribution in [3.63, 3.8) is 0 Å². The summed E-state index contributed by atoms with van der Waals surface area (Å²) in [4.78, 5) is 7.81. The van der Waals surface area contributed by atoms with E-state index < -0.39 is 0 Å². The molecule has 4 heteroatoms. The highest BCUT2D eigenvalue weighted by molar-refractivity contribution is 7.12. The van der Waals surface area contributed by atoms with Gasteiger partial charge in [-0.15, -0.1) is 11.3 Å². The second-order valence-corrected chi connectivity index (χ2v) is 7.13.